The first-order valence-electron chi connectivity index (χ1n) is 4.61. The van der Waals surface area contributed by atoms with Crippen LogP contribution in [-0.4, -0.2) is 28.1 Å². The third kappa shape index (κ3) is 3.84. The topological polar surface area (TPSA) is 42.2 Å². The second-order valence-corrected chi connectivity index (χ2v) is 3.01. The van der Waals surface area contributed by atoms with Crippen molar-refractivity contribution in [2.75, 3.05) is 13.1 Å². The van der Waals surface area contributed by atoms with E-state index in [-0.39, 0.29) is 0 Å². The van der Waals surface area contributed by atoms with Crippen molar-refractivity contribution < 1.29 is 4.52 Å². The van der Waals surface area contributed by atoms with Crippen molar-refractivity contribution >= 4 is 0 Å². The van der Waals surface area contributed by atoms with Gasteiger partial charge in [-0.2, -0.15) is 4.98 Å². The molecule has 4 nitrogen and oxygen atoms in total. The first-order valence-corrected chi connectivity index (χ1v) is 4.61. The summed E-state index contributed by atoms with van der Waals surface area (Å²) in [5.74, 6) is 9.55. The summed E-state index contributed by atoms with van der Waals surface area (Å²) >= 11 is 0. The third-order valence-electron chi connectivity index (χ3n) is 1.73. The summed E-state index contributed by atoms with van der Waals surface area (Å²) in [6.07, 6.45) is 5.26. The molecule has 0 saturated heterocycles. The van der Waals surface area contributed by atoms with Crippen LogP contribution >= 0.6 is 0 Å². The number of nitrogens with zero attached hydrogens (tertiary/aromatic N) is 3. The lowest BCUT2D eigenvalue weighted by Crippen LogP contribution is -2.24. The van der Waals surface area contributed by atoms with Crippen LogP contribution in [0.4, 0.5) is 0 Å². The summed E-state index contributed by atoms with van der Waals surface area (Å²) in [6, 6.07) is 0. The number of aryl methyl sites for hydroxylation is 1. The molecule has 0 N–H and O–H groups in total. The van der Waals surface area contributed by atoms with Crippen LogP contribution in [0, 0.1) is 31.1 Å². The van der Waals surface area contributed by atoms with Gasteiger partial charge in [0, 0.05) is 6.92 Å². The van der Waals surface area contributed by atoms with Crippen molar-refractivity contribution in [2.45, 2.75) is 20.4 Å². The molecule has 0 aromatic carbocycles. The molecule has 0 atom stereocenters. The highest BCUT2D eigenvalue weighted by Gasteiger charge is 2.07. The summed E-state index contributed by atoms with van der Waals surface area (Å²) in [6.45, 7) is 5.27. The van der Waals surface area contributed by atoms with Crippen LogP contribution in [0.25, 0.3) is 0 Å². The molecule has 0 amide bonds. The number of hydrogen-bond acceptors (Lipinski definition) is 4. The van der Waals surface area contributed by atoms with E-state index in [9.17, 15) is 0 Å². The molecule has 15 heavy (non-hydrogen) atoms. The van der Waals surface area contributed by atoms with Crippen molar-refractivity contribution in [3.63, 3.8) is 0 Å². The molecule has 0 aliphatic carbocycles. The van der Waals surface area contributed by atoms with E-state index in [0.29, 0.717) is 31.3 Å². The number of terminal acetylenes is 1. The van der Waals surface area contributed by atoms with Crippen LogP contribution in [-0.2, 0) is 6.54 Å². The zero-order chi connectivity index (χ0) is 11.1. The Morgan fingerprint density at radius 1 is 1.47 bits per heavy atom. The van der Waals surface area contributed by atoms with Crippen molar-refractivity contribution in [1.82, 2.24) is 15.0 Å². The van der Waals surface area contributed by atoms with Gasteiger partial charge in [0.1, 0.15) is 0 Å². The maximum absolute atomic E-state index is 5.26. The molecule has 78 valence electrons. The van der Waals surface area contributed by atoms with Crippen LogP contribution in [0.5, 0.6) is 0 Å². The molecular weight excluding hydrogens is 190 g/mol. The summed E-state index contributed by atoms with van der Waals surface area (Å²) in [4.78, 5) is 6.08. The zero-order valence-electron chi connectivity index (χ0n) is 8.95. The first-order chi connectivity index (χ1) is 7.26. The predicted octanol–water partition coefficient (Wildman–Crippen LogP) is 0.837. The fourth-order valence-electron chi connectivity index (χ4n) is 1.09. The van der Waals surface area contributed by atoms with E-state index >= 15 is 0 Å². The Balaban J connectivity index is 2.57. The van der Waals surface area contributed by atoms with Gasteiger partial charge in [0.25, 0.3) is 0 Å². The average molecular weight is 203 g/mol. The highest BCUT2D eigenvalue weighted by atomic mass is 16.5. The zero-order valence-corrected chi connectivity index (χ0v) is 8.95. The van der Waals surface area contributed by atoms with Gasteiger partial charge in [-0.05, 0) is 6.92 Å². The molecule has 0 aliphatic rings. The van der Waals surface area contributed by atoms with E-state index in [2.05, 4.69) is 27.9 Å². The summed E-state index contributed by atoms with van der Waals surface area (Å²) in [5, 5.41) is 3.80. The molecular formula is C11H13N3O. The molecule has 4 heteroatoms. The second-order valence-electron chi connectivity index (χ2n) is 3.01. The van der Waals surface area contributed by atoms with E-state index in [0.717, 1.165) is 0 Å². The fourth-order valence-corrected chi connectivity index (χ4v) is 1.09. The van der Waals surface area contributed by atoms with Crippen LogP contribution in [0.2, 0.25) is 0 Å². The molecule has 1 rings (SSSR count). The maximum Gasteiger partial charge on any atom is 0.223 e. The Labute approximate surface area is 89.7 Å². The van der Waals surface area contributed by atoms with Crippen molar-refractivity contribution in [1.29, 1.82) is 0 Å². The quantitative estimate of drug-likeness (QED) is 0.680. The average Bonchev–Trinajstić information content (AvgIpc) is 2.61. The Morgan fingerprint density at radius 2 is 2.27 bits per heavy atom. The van der Waals surface area contributed by atoms with Gasteiger partial charge < -0.3 is 4.52 Å². The molecule has 0 saturated carbocycles. The number of hydrogen-bond donors (Lipinski definition) is 0. The molecule has 0 spiro atoms. The van der Waals surface area contributed by atoms with Crippen molar-refractivity contribution in [2.24, 2.45) is 0 Å². The highest BCUT2D eigenvalue weighted by Crippen LogP contribution is 2.00. The molecule has 0 unspecified atom stereocenters. The van der Waals surface area contributed by atoms with Gasteiger partial charge in [0.15, 0.2) is 5.82 Å². The van der Waals surface area contributed by atoms with Gasteiger partial charge >= 0.3 is 0 Å². The van der Waals surface area contributed by atoms with Crippen molar-refractivity contribution in [3.8, 4) is 24.2 Å². The Kier molecular flexibility index (Phi) is 4.40. The van der Waals surface area contributed by atoms with Crippen molar-refractivity contribution in [3.05, 3.63) is 11.7 Å². The predicted molar refractivity (Wildman–Crippen MR) is 56.6 cm³/mol. The van der Waals surface area contributed by atoms with E-state index in [1.54, 1.807) is 13.8 Å². The summed E-state index contributed by atoms with van der Waals surface area (Å²) in [5.41, 5.74) is 0. The van der Waals surface area contributed by atoms with Crippen LogP contribution in [0.15, 0.2) is 4.52 Å². The molecule has 1 heterocycles. The van der Waals surface area contributed by atoms with Gasteiger partial charge in [-0.25, -0.2) is 0 Å². The lowest BCUT2D eigenvalue weighted by Gasteiger charge is -2.13. The largest absolute Gasteiger partial charge is 0.340 e. The minimum atomic E-state index is 0.530. The van der Waals surface area contributed by atoms with E-state index in [4.69, 9.17) is 10.9 Å². The second kappa shape index (κ2) is 5.85. The molecule has 1 aromatic heterocycles. The van der Waals surface area contributed by atoms with Gasteiger partial charge in [-0.3, -0.25) is 4.90 Å². The Morgan fingerprint density at radius 3 is 2.80 bits per heavy atom. The monoisotopic (exact) mass is 203 g/mol. The highest BCUT2D eigenvalue weighted by molar-refractivity contribution is 5.01. The standard InChI is InChI=1S/C11H13N3O/c1-4-6-8-14(7-5-2)9-11-12-10(3)15-13-11/h2H,7-9H2,1,3H3. The third-order valence-corrected chi connectivity index (χ3v) is 1.73. The number of aromatic nitrogens is 2. The lowest BCUT2D eigenvalue weighted by atomic mass is 10.4. The van der Waals surface area contributed by atoms with Crippen LogP contribution in [0.1, 0.15) is 18.6 Å². The van der Waals surface area contributed by atoms with Gasteiger partial charge in [0.05, 0.1) is 19.6 Å². The minimum absolute atomic E-state index is 0.530. The Bertz CT molecular complexity index is 405. The van der Waals surface area contributed by atoms with Crippen LogP contribution < -0.4 is 0 Å². The number of rotatable bonds is 4. The van der Waals surface area contributed by atoms with E-state index < -0.39 is 0 Å². The molecule has 0 radical (unpaired) electrons. The van der Waals surface area contributed by atoms with Gasteiger partial charge in [0.2, 0.25) is 5.89 Å². The van der Waals surface area contributed by atoms with Gasteiger partial charge in [-0.1, -0.05) is 17.0 Å². The molecule has 0 fully saturated rings. The molecule has 1 aromatic rings. The smallest absolute Gasteiger partial charge is 0.223 e. The lowest BCUT2D eigenvalue weighted by molar-refractivity contribution is 0.315. The maximum atomic E-state index is 5.26. The van der Waals surface area contributed by atoms with Gasteiger partial charge in [-0.15, -0.1) is 12.3 Å². The van der Waals surface area contributed by atoms with E-state index in [1.807, 2.05) is 4.90 Å². The minimum Gasteiger partial charge on any atom is -0.340 e. The fraction of sp³-hybridized carbons (Fsp3) is 0.455. The molecule has 0 aliphatic heterocycles. The SMILES string of the molecule is C#CCN(CC#CC)Cc1noc(C)n1. The Hall–Kier alpha value is -1.78. The summed E-state index contributed by atoms with van der Waals surface area (Å²) in [7, 11) is 0. The first kappa shape index (κ1) is 11.3. The normalized spacial score (nSPS) is 9.47. The van der Waals surface area contributed by atoms with E-state index in [1.165, 1.54) is 0 Å². The van der Waals surface area contributed by atoms with Crippen LogP contribution in [0.3, 0.4) is 0 Å². The molecule has 0 bridgehead atoms. The summed E-state index contributed by atoms with van der Waals surface area (Å²) < 4.78 is 4.87.